The summed E-state index contributed by atoms with van der Waals surface area (Å²) < 4.78 is 10.7. The number of carbonyl (C=O) groups is 1. The molecule has 1 aromatic rings. The third kappa shape index (κ3) is 2.13. The molecule has 0 radical (unpaired) electrons. The number of furan rings is 1. The second kappa shape index (κ2) is 4.52. The molecule has 1 unspecified atom stereocenters. The van der Waals surface area contributed by atoms with Crippen molar-refractivity contribution in [1.29, 1.82) is 5.26 Å². The van der Waals surface area contributed by atoms with Gasteiger partial charge in [0.1, 0.15) is 17.4 Å². The first-order valence-electron chi connectivity index (χ1n) is 6.79. The van der Waals surface area contributed by atoms with Crippen molar-refractivity contribution >= 4 is 5.78 Å². The van der Waals surface area contributed by atoms with E-state index >= 15 is 0 Å². The first-order chi connectivity index (χ1) is 9.93. The van der Waals surface area contributed by atoms with E-state index in [-0.39, 0.29) is 22.7 Å². The molecule has 2 N–H and O–H groups in total. The lowest BCUT2D eigenvalue weighted by Gasteiger charge is -2.36. The first-order valence-corrected chi connectivity index (χ1v) is 6.79. The highest BCUT2D eigenvalue weighted by Gasteiger charge is 2.43. The molecule has 0 aromatic carbocycles. The average Bonchev–Trinajstić information content (AvgIpc) is 2.88. The van der Waals surface area contributed by atoms with Crippen molar-refractivity contribution in [2.24, 2.45) is 11.1 Å². The summed E-state index contributed by atoms with van der Waals surface area (Å²) in [6.07, 6.45) is 4.12. The van der Waals surface area contributed by atoms with Gasteiger partial charge in [-0.3, -0.25) is 4.79 Å². The molecule has 0 bridgehead atoms. The molecule has 2 heterocycles. The maximum absolute atomic E-state index is 12.6. The van der Waals surface area contributed by atoms with Gasteiger partial charge in [0.05, 0.1) is 18.4 Å². The molecule has 2 aliphatic rings. The Balaban J connectivity index is 2.17. The summed E-state index contributed by atoms with van der Waals surface area (Å²) in [6, 6.07) is 3.82. The van der Waals surface area contributed by atoms with Gasteiger partial charge in [-0.25, -0.2) is 0 Å². The third-order valence-electron chi connectivity index (χ3n) is 3.95. The molecule has 0 spiro atoms. The van der Waals surface area contributed by atoms with Gasteiger partial charge in [0, 0.05) is 24.0 Å². The minimum absolute atomic E-state index is 0.00713. The van der Waals surface area contributed by atoms with E-state index in [1.165, 1.54) is 12.5 Å². The zero-order chi connectivity index (χ0) is 15.2. The van der Waals surface area contributed by atoms with Gasteiger partial charge in [-0.15, -0.1) is 0 Å². The summed E-state index contributed by atoms with van der Waals surface area (Å²) in [5.74, 6) is 0.181. The molecule has 0 saturated carbocycles. The van der Waals surface area contributed by atoms with Gasteiger partial charge in [0.2, 0.25) is 5.88 Å². The van der Waals surface area contributed by atoms with Crippen molar-refractivity contribution in [3.63, 3.8) is 0 Å². The lowest BCUT2D eigenvalue weighted by Crippen LogP contribution is -2.33. The number of carbonyl (C=O) groups excluding carboxylic acids is 1. The number of nitrogens with zero attached hydrogens (tertiary/aromatic N) is 1. The number of ether oxygens (including phenoxy) is 1. The van der Waals surface area contributed by atoms with E-state index in [2.05, 4.69) is 6.07 Å². The summed E-state index contributed by atoms with van der Waals surface area (Å²) in [7, 11) is 0. The van der Waals surface area contributed by atoms with Crippen molar-refractivity contribution in [2.45, 2.75) is 32.6 Å². The smallest absolute Gasteiger partial charge is 0.205 e. The molecule has 0 fully saturated rings. The number of nitriles is 1. The topological polar surface area (TPSA) is 89.2 Å². The summed E-state index contributed by atoms with van der Waals surface area (Å²) in [6.45, 7) is 4.04. The molecule has 1 aliphatic carbocycles. The number of allylic oxidation sites excluding steroid dienone is 3. The molecule has 3 rings (SSSR count). The summed E-state index contributed by atoms with van der Waals surface area (Å²) in [4.78, 5) is 12.6. The van der Waals surface area contributed by atoms with Crippen LogP contribution in [0.2, 0.25) is 0 Å². The Morgan fingerprint density at radius 2 is 2.19 bits per heavy atom. The molecule has 5 nitrogen and oxygen atoms in total. The Morgan fingerprint density at radius 3 is 2.81 bits per heavy atom. The maximum Gasteiger partial charge on any atom is 0.205 e. The van der Waals surface area contributed by atoms with Crippen molar-refractivity contribution in [3.8, 4) is 6.07 Å². The standard InChI is InChI=1S/C16H16N2O3/c1-16(2)5-11(19)14-12(6-16)21-15(18)10(7-17)13(14)9-3-4-20-8-9/h3-4,8,13H,5-6,18H2,1-2H3. The SMILES string of the molecule is CC1(C)CC(=O)C2=C(C1)OC(N)=C(C#N)C2c1ccoc1. The van der Waals surface area contributed by atoms with Crippen LogP contribution in [0.5, 0.6) is 0 Å². The minimum atomic E-state index is -0.485. The van der Waals surface area contributed by atoms with Gasteiger partial charge in [-0.05, 0) is 11.5 Å². The molecule has 1 aliphatic heterocycles. The lowest BCUT2D eigenvalue weighted by atomic mass is 9.70. The van der Waals surface area contributed by atoms with Crippen molar-refractivity contribution in [3.05, 3.63) is 46.9 Å². The van der Waals surface area contributed by atoms with Crippen molar-refractivity contribution in [2.75, 3.05) is 0 Å². The number of ketones is 1. The number of hydrogen-bond donors (Lipinski definition) is 1. The highest BCUT2D eigenvalue weighted by atomic mass is 16.5. The molecule has 108 valence electrons. The van der Waals surface area contributed by atoms with E-state index in [9.17, 15) is 10.1 Å². The molecule has 1 aromatic heterocycles. The van der Waals surface area contributed by atoms with Crippen molar-refractivity contribution < 1.29 is 13.9 Å². The number of rotatable bonds is 1. The van der Waals surface area contributed by atoms with Gasteiger partial charge in [-0.2, -0.15) is 5.26 Å². The van der Waals surface area contributed by atoms with Gasteiger partial charge in [0.15, 0.2) is 5.78 Å². The van der Waals surface area contributed by atoms with E-state index in [4.69, 9.17) is 14.9 Å². The molecular weight excluding hydrogens is 268 g/mol. The van der Waals surface area contributed by atoms with Gasteiger partial charge < -0.3 is 14.9 Å². The van der Waals surface area contributed by atoms with Crippen LogP contribution in [0.15, 0.2) is 45.8 Å². The monoisotopic (exact) mass is 284 g/mol. The van der Waals surface area contributed by atoms with Crippen LogP contribution in [-0.4, -0.2) is 5.78 Å². The fourth-order valence-electron chi connectivity index (χ4n) is 3.06. The van der Waals surface area contributed by atoms with Gasteiger partial charge in [-0.1, -0.05) is 13.8 Å². The highest BCUT2D eigenvalue weighted by Crippen LogP contribution is 2.47. The molecule has 21 heavy (non-hydrogen) atoms. The van der Waals surface area contributed by atoms with Crippen LogP contribution in [0, 0.1) is 16.7 Å². The Labute approximate surface area is 122 Å². The zero-order valence-electron chi connectivity index (χ0n) is 12.0. The van der Waals surface area contributed by atoms with E-state index < -0.39 is 5.92 Å². The van der Waals surface area contributed by atoms with Gasteiger partial charge in [0.25, 0.3) is 0 Å². The van der Waals surface area contributed by atoms with Crippen LogP contribution < -0.4 is 5.73 Å². The van der Waals surface area contributed by atoms with Crippen LogP contribution in [-0.2, 0) is 9.53 Å². The van der Waals surface area contributed by atoms with E-state index in [0.717, 1.165) is 5.56 Å². The van der Waals surface area contributed by atoms with Crippen LogP contribution in [0.25, 0.3) is 0 Å². The summed E-state index contributed by atoms with van der Waals surface area (Å²) in [5.41, 5.74) is 7.28. The molecule has 0 amide bonds. The Morgan fingerprint density at radius 1 is 1.43 bits per heavy atom. The number of Topliss-reactive ketones (excluding diaryl/α,β-unsaturated/α-hetero) is 1. The predicted octanol–water partition coefficient (Wildman–Crippen LogP) is 2.73. The Hall–Kier alpha value is -2.48. The van der Waals surface area contributed by atoms with Gasteiger partial charge >= 0.3 is 0 Å². The van der Waals surface area contributed by atoms with Crippen LogP contribution in [0.3, 0.4) is 0 Å². The van der Waals surface area contributed by atoms with Crippen molar-refractivity contribution in [1.82, 2.24) is 0 Å². The fraction of sp³-hybridized carbons (Fsp3) is 0.375. The molecule has 0 saturated heterocycles. The first kappa shape index (κ1) is 13.5. The van der Waals surface area contributed by atoms with Crippen LogP contribution >= 0.6 is 0 Å². The zero-order valence-corrected chi connectivity index (χ0v) is 12.0. The van der Waals surface area contributed by atoms with E-state index in [0.29, 0.717) is 24.2 Å². The highest BCUT2D eigenvalue weighted by molar-refractivity contribution is 6.00. The second-order valence-corrected chi connectivity index (χ2v) is 6.26. The summed E-state index contributed by atoms with van der Waals surface area (Å²) >= 11 is 0. The van der Waals surface area contributed by atoms with Crippen LogP contribution in [0.1, 0.15) is 38.2 Å². The number of hydrogen-bond acceptors (Lipinski definition) is 5. The Kier molecular flexibility index (Phi) is 2.91. The van der Waals surface area contributed by atoms with E-state index in [1.54, 1.807) is 6.07 Å². The minimum Gasteiger partial charge on any atom is -0.472 e. The largest absolute Gasteiger partial charge is 0.472 e. The second-order valence-electron chi connectivity index (χ2n) is 6.26. The average molecular weight is 284 g/mol. The maximum atomic E-state index is 12.6. The third-order valence-corrected chi connectivity index (χ3v) is 3.95. The normalized spacial score (nSPS) is 24.4. The number of nitrogens with two attached hydrogens (primary N) is 1. The predicted molar refractivity (Wildman–Crippen MR) is 74.4 cm³/mol. The Bertz CT molecular complexity index is 702. The lowest BCUT2D eigenvalue weighted by molar-refractivity contribution is -0.119. The van der Waals surface area contributed by atoms with E-state index in [1.807, 2.05) is 13.8 Å². The van der Waals surface area contributed by atoms with Crippen LogP contribution in [0.4, 0.5) is 0 Å². The quantitative estimate of drug-likeness (QED) is 0.856. The molecule has 5 heteroatoms. The summed E-state index contributed by atoms with van der Waals surface area (Å²) in [5, 5.41) is 9.38. The molecular formula is C16H16N2O3. The fourth-order valence-corrected chi connectivity index (χ4v) is 3.06. The molecule has 1 atom stereocenters.